The number of aromatic carboxylic acids is 1. The Bertz CT molecular complexity index is 696. The molecule has 0 aliphatic heterocycles. The molecule has 3 N–H and O–H groups in total. The van der Waals surface area contributed by atoms with Gasteiger partial charge < -0.3 is 15.5 Å². The number of thiophene rings is 1. The van der Waals surface area contributed by atoms with E-state index in [2.05, 4.69) is 5.32 Å². The van der Waals surface area contributed by atoms with Crippen LogP contribution in [0.2, 0.25) is 5.02 Å². The van der Waals surface area contributed by atoms with Crippen molar-refractivity contribution in [3.05, 3.63) is 44.6 Å². The van der Waals surface area contributed by atoms with Gasteiger partial charge in [-0.1, -0.05) is 11.6 Å². The monoisotopic (exact) mass is 311 g/mol. The van der Waals surface area contributed by atoms with Crippen molar-refractivity contribution in [1.29, 1.82) is 0 Å². The van der Waals surface area contributed by atoms with Crippen molar-refractivity contribution in [3.63, 3.8) is 0 Å². The first-order valence-electron chi connectivity index (χ1n) is 5.51. The van der Waals surface area contributed by atoms with Gasteiger partial charge in [0.2, 0.25) is 0 Å². The van der Waals surface area contributed by atoms with Crippen molar-refractivity contribution in [2.45, 2.75) is 6.92 Å². The fourth-order valence-corrected chi connectivity index (χ4v) is 2.61. The van der Waals surface area contributed by atoms with E-state index in [9.17, 15) is 14.7 Å². The first-order chi connectivity index (χ1) is 9.40. The molecule has 5 nitrogen and oxygen atoms in total. The zero-order valence-corrected chi connectivity index (χ0v) is 11.9. The summed E-state index contributed by atoms with van der Waals surface area (Å²) in [4.78, 5) is 23.2. The number of phenolic OH excluding ortho intramolecular Hbond substituents is 1. The predicted octanol–water partition coefficient (Wildman–Crippen LogP) is 3.37. The third-order valence-electron chi connectivity index (χ3n) is 2.62. The van der Waals surface area contributed by atoms with Crippen LogP contribution in [0, 0.1) is 6.92 Å². The van der Waals surface area contributed by atoms with Crippen LogP contribution in [0.3, 0.4) is 0 Å². The molecular weight excluding hydrogens is 302 g/mol. The second-order valence-corrected chi connectivity index (χ2v) is 5.34. The van der Waals surface area contributed by atoms with Crippen molar-refractivity contribution < 1.29 is 19.8 Å². The van der Waals surface area contributed by atoms with Crippen LogP contribution in [-0.2, 0) is 0 Å². The fourth-order valence-electron chi connectivity index (χ4n) is 1.59. The lowest BCUT2D eigenvalue weighted by atomic mass is 10.2. The Morgan fingerprint density at radius 3 is 2.65 bits per heavy atom. The molecule has 20 heavy (non-hydrogen) atoms. The number of nitrogens with one attached hydrogen (secondary N) is 1. The van der Waals surface area contributed by atoms with Gasteiger partial charge in [0.05, 0.1) is 10.7 Å². The second-order valence-electron chi connectivity index (χ2n) is 4.05. The molecule has 1 amide bonds. The lowest BCUT2D eigenvalue weighted by Gasteiger charge is -2.07. The summed E-state index contributed by atoms with van der Waals surface area (Å²) >= 11 is 6.78. The number of carboxylic acid groups (broad SMARTS) is 1. The maximum atomic E-state index is 12.1. The summed E-state index contributed by atoms with van der Waals surface area (Å²) in [7, 11) is 0. The highest BCUT2D eigenvalue weighted by atomic mass is 35.5. The van der Waals surface area contributed by atoms with Crippen molar-refractivity contribution in [1.82, 2.24) is 0 Å². The molecular formula is C13H10ClNO4S. The van der Waals surface area contributed by atoms with E-state index in [1.807, 2.05) is 0 Å². The molecule has 7 heteroatoms. The topological polar surface area (TPSA) is 86.6 Å². The molecule has 0 spiro atoms. The van der Waals surface area contributed by atoms with Crippen LogP contribution in [0.15, 0.2) is 23.6 Å². The minimum absolute atomic E-state index is 0.0538. The Labute approximate surface area is 123 Å². The van der Waals surface area contributed by atoms with Crippen LogP contribution in [-0.4, -0.2) is 22.1 Å². The van der Waals surface area contributed by atoms with Crippen molar-refractivity contribution >= 4 is 40.5 Å². The van der Waals surface area contributed by atoms with Gasteiger partial charge in [0.25, 0.3) is 5.91 Å². The summed E-state index contributed by atoms with van der Waals surface area (Å²) in [6.45, 7) is 1.71. The second kappa shape index (κ2) is 5.52. The number of phenols is 1. The van der Waals surface area contributed by atoms with Crippen LogP contribution in [0.25, 0.3) is 0 Å². The number of carboxylic acids is 1. The maximum Gasteiger partial charge on any atom is 0.348 e. The van der Waals surface area contributed by atoms with Gasteiger partial charge in [-0.05, 0) is 36.1 Å². The molecule has 0 radical (unpaired) electrons. The minimum Gasteiger partial charge on any atom is -0.506 e. The van der Waals surface area contributed by atoms with E-state index in [4.69, 9.17) is 16.7 Å². The Balaban J connectivity index is 2.30. The van der Waals surface area contributed by atoms with Gasteiger partial charge in [-0.3, -0.25) is 4.79 Å². The average Bonchev–Trinajstić information content (AvgIpc) is 2.74. The van der Waals surface area contributed by atoms with Crippen molar-refractivity contribution in [2.75, 3.05) is 5.32 Å². The molecule has 1 aromatic carbocycles. The predicted molar refractivity (Wildman–Crippen MR) is 77.1 cm³/mol. The number of rotatable bonds is 3. The fraction of sp³-hybridized carbons (Fsp3) is 0.0769. The number of amides is 1. The number of hydrogen-bond acceptors (Lipinski definition) is 4. The summed E-state index contributed by atoms with van der Waals surface area (Å²) in [6.07, 6.45) is 0. The summed E-state index contributed by atoms with van der Waals surface area (Å²) < 4.78 is 0. The van der Waals surface area contributed by atoms with Crippen molar-refractivity contribution in [3.8, 4) is 5.75 Å². The van der Waals surface area contributed by atoms with E-state index >= 15 is 0 Å². The van der Waals surface area contributed by atoms with Gasteiger partial charge in [-0.15, -0.1) is 11.3 Å². The van der Waals surface area contributed by atoms with Crippen LogP contribution in [0.1, 0.15) is 25.6 Å². The standard InChI is InChI=1S/C13H10ClNO4S/c1-6-5-20-11(13(18)19)10(6)15-12(17)7-2-3-9(16)8(14)4-7/h2-5,16H,1H3,(H,15,17)(H,18,19). The Kier molecular flexibility index (Phi) is 3.96. The lowest BCUT2D eigenvalue weighted by molar-refractivity contribution is 0.0703. The number of carbonyl (C=O) groups excluding carboxylic acids is 1. The van der Waals surface area contributed by atoms with E-state index in [0.29, 0.717) is 5.56 Å². The summed E-state index contributed by atoms with van der Waals surface area (Å²) in [5.74, 6) is -1.71. The molecule has 0 unspecified atom stereocenters. The summed E-state index contributed by atoms with van der Waals surface area (Å²) in [6, 6.07) is 4.02. The maximum absolute atomic E-state index is 12.1. The number of aryl methyl sites for hydroxylation is 1. The minimum atomic E-state index is -1.10. The average molecular weight is 312 g/mol. The first kappa shape index (κ1) is 14.4. The molecule has 0 fully saturated rings. The highest BCUT2D eigenvalue weighted by molar-refractivity contribution is 7.12. The van der Waals surface area contributed by atoms with Gasteiger partial charge in [0, 0.05) is 5.56 Å². The molecule has 0 bridgehead atoms. The number of hydrogen-bond donors (Lipinski definition) is 3. The number of anilines is 1. The van der Waals surface area contributed by atoms with E-state index in [0.717, 1.165) is 11.3 Å². The molecule has 1 aromatic heterocycles. The normalized spacial score (nSPS) is 10.3. The Morgan fingerprint density at radius 2 is 2.05 bits per heavy atom. The highest BCUT2D eigenvalue weighted by Gasteiger charge is 2.18. The van der Waals surface area contributed by atoms with Gasteiger partial charge in [-0.25, -0.2) is 4.79 Å². The van der Waals surface area contributed by atoms with Gasteiger partial charge in [0.1, 0.15) is 10.6 Å². The number of carbonyl (C=O) groups is 2. The molecule has 2 aromatic rings. The summed E-state index contributed by atoms with van der Waals surface area (Å²) in [5.41, 5.74) is 1.18. The number of benzene rings is 1. The van der Waals surface area contributed by atoms with Crippen LogP contribution < -0.4 is 5.32 Å². The molecule has 1 heterocycles. The van der Waals surface area contributed by atoms with Crippen LogP contribution in [0.5, 0.6) is 5.75 Å². The van der Waals surface area contributed by atoms with E-state index in [1.54, 1.807) is 12.3 Å². The van der Waals surface area contributed by atoms with E-state index < -0.39 is 11.9 Å². The largest absolute Gasteiger partial charge is 0.506 e. The van der Waals surface area contributed by atoms with Crippen LogP contribution >= 0.6 is 22.9 Å². The van der Waals surface area contributed by atoms with Gasteiger partial charge in [0.15, 0.2) is 0 Å². The number of halogens is 1. The lowest BCUT2D eigenvalue weighted by Crippen LogP contribution is -2.14. The van der Waals surface area contributed by atoms with Crippen molar-refractivity contribution in [2.24, 2.45) is 0 Å². The van der Waals surface area contributed by atoms with E-state index in [1.165, 1.54) is 18.2 Å². The SMILES string of the molecule is Cc1csc(C(=O)O)c1NC(=O)c1ccc(O)c(Cl)c1. The molecule has 104 valence electrons. The third-order valence-corrected chi connectivity index (χ3v) is 4.01. The highest BCUT2D eigenvalue weighted by Crippen LogP contribution is 2.29. The molecule has 0 aliphatic rings. The number of aromatic hydroxyl groups is 1. The smallest absolute Gasteiger partial charge is 0.348 e. The molecule has 0 atom stereocenters. The van der Waals surface area contributed by atoms with Gasteiger partial charge in [-0.2, -0.15) is 0 Å². The Morgan fingerprint density at radius 1 is 1.35 bits per heavy atom. The molecule has 0 aliphatic carbocycles. The molecule has 0 saturated heterocycles. The third kappa shape index (κ3) is 2.76. The first-order valence-corrected chi connectivity index (χ1v) is 6.77. The van der Waals surface area contributed by atoms with Gasteiger partial charge >= 0.3 is 5.97 Å². The molecule has 2 rings (SSSR count). The summed E-state index contributed by atoms with van der Waals surface area (Å²) in [5, 5.41) is 22.6. The zero-order valence-electron chi connectivity index (χ0n) is 10.3. The van der Waals surface area contributed by atoms with Crippen LogP contribution in [0.4, 0.5) is 5.69 Å². The molecule has 0 saturated carbocycles. The quantitative estimate of drug-likeness (QED) is 0.811. The van der Waals surface area contributed by atoms with E-state index in [-0.39, 0.29) is 26.9 Å². The zero-order chi connectivity index (χ0) is 14.9. The Hall–Kier alpha value is -2.05.